The summed E-state index contributed by atoms with van der Waals surface area (Å²) in [5.41, 5.74) is 10.1. The number of hydrogen-bond donors (Lipinski definition) is 6. The summed E-state index contributed by atoms with van der Waals surface area (Å²) < 4.78 is 71.3. The SMILES string of the molecule is Nc1nc2c(ncn2[C@@H]2O[C@@]34CO[C@@H]2[C@@H]3O[P@](=O)(S)OCC2O[C@@H](n3cnc5c(N)ncnc53)[C@H](O)[C@@H]2O[P@](=O)(S)OC4)c(=O)[nH]1. The summed E-state index contributed by atoms with van der Waals surface area (Å²) in [6, 6.07) is 0. The van der Waals surface area contributed by atoms with Gasteiger partial charge < -0.3 is 30.8 Å². The zero-order valence-corrected chi connectivity index (χ0v) is 26.6. The molecule has 46 heavy (non-hydrogen) atoms. The molecular formula is C21H24N10O11P2S2. The van der Waals surface area contributed by atoms with E-state index in [4.69, 9.17) is 43.8 Å². The lowest BCUT2D eigenvalue weighted by atomic mass is 10.0. The number of H-pyrrole nitrogens is 1. The molecule has 0 aliphatic carbocycles. The fourth-order valence-electron chi connectivity index (χ4n) is 5.99. The smallest absolute Gasteiger partial charge is 0.386 e. The van der Waals surface area contributed by atoms with Crippen LogP contribution in [0.1, 0.15) is 12.5 Å². The van der Waals surface area contributed by atoms with Crippen molar-refractivity contribution in [1.29, 1.82) is 0 Å². The fraction of sp³-hybridized carbons (Fsp3) is 0.524. The third-order valence-corrected chi connectivity index (χ3v) is 11.2. The van der Waals surface area contributed by atoms with Crippen LogP contribution in [-0.2, 0) is 41.4 Å². The largest absolute Gasteiger partial charge is 0.386 e. The number of nitrogens with zero attached hydrogens (tertiary/aromatic N) is 7. The molecule has 0 aromatic carbocycles. The molecule has 1 unspecified atom stereocenters. The van der Waals surface area contributed by atoms with E-state index in [1.165, 1.54) is 28.1 Å². The number of nitrogens with one attached hydrogen (secondary N) is 1. The number of rotatable bonds is 2. The van der Waals surface area contributed by atoms with Gasteiger partial charge in [0, 0.05) is 0 Å². The lowest BCUT2D eigenvalue weighted by Crippen LogP contribution is -2.46. The third-order valence-electron chi connectivity index (χ3n) is 8.04. The number of fused-ring (bicyclic) bond motifs is 3. The molecule has 0 radical (unpaired) electrons. The first-order valence-corrected chi connectivity index (χ1v) is 18.8. The topological polar surface area (TPSA) is 278 Å². The van der Waals surface area contributed by atoms with Gasteiger partial charge in [0.15, 0.2) is 35.1 Å². The molecule has 4 aromatic rings. The molecule has 4 fully saturated rings. The van der Waals surface area contributed by atoms with Gasteiger partial charge in [-0.2, -0.15) is 4.98 Å². The molecule has 246 valence electrons. The Labute approximate surface area is 266 Å². The number of aliphatic hydroxyl groups is 1. The number of nitrogens with two attached hydrogens (primary N) is 2. The normalized spacial score (nSPS) is 39.7. The average Bonchev–Trinajstić information content (AvgIpc) is 3.80. The molecule has 0 amide bonds. The van der Waals surface area contributed by atoms with Crippen molar-refractivity contribution in [3.8, 4) is 0 Å². The highest BCUT2D eigenvalue weighted by Crippen LogP contribution is 2.63. The van der Waals surface area contributed by atoms with E-state index in [-0.39, 0.29) is 40.7 Å². The van der Waals surface area contributed by atoms with Crippen LogP contribution in [0.2, 0.25) is 0 Å². The molecule has 4 aliphatic heterocycles. The maximum atomic E-state index is 13.6. The lowest BCUT2D eigenvalue weighted by Gasteiger charge is -2.33. The van der Waals surface area contributed by atoms with Gasteiger partial charge >= 0.3 is 13.6 Å². The average molecular weight is 719 g/mol. The van der Waals surface area contributed by atoms with Gasteiger partial charge in [-0.3, -0.25) is 37.0 Å². The molecule has 0 saturated carbocycles. The molecule has 10 atom stereocenters. The summed E-state index contributed by atoms with van der Waals surface area (Å²) >= 11 is 8.33. The van der Waals surface area contributed by atoms with Gasteiger partial charge in [-0.05, 0) is 0 Å². The lowest BCUT2D eigenvalue weighted by molar-refractivity contribution is -0.183. The second-order valence-corrected chi connectivity index (χ2v) is 16.6. The summed E-state index contributed by atoms with van der Waals surface area (Å²) in [6.07, 6.45) is -4.64. The Kier molecular flexibility index (Phi) is 7.11. The molecule has 0 spiro atoms. The number of ether oxygens (including phenoxy) is 3. The van der Waals surface area contributed by atoms with Gasteiger partial charge in [0.1, 0.15) is 48.0 Å². The first-order chi connectivity index (χ1) is 21.8. The van der Waals surface area contributed by atoms with Crippen molar-refractivity contribution < 1.29 is 46.5 Å². The fourth-order valence-corrected chi connectivity index (χ4v) is 9.00. The highest BCUT2D eigenvalue weighted by Gasteiger charge is 2.66. The zero-order chi connectivity index (χ0) is 32.2. The van der Waals surface area contributed by atoms with Gasteiger partial charge in [0.2, 0.25) is 5.95 Å². The number of anilines is 2. The van der Waals surface area contributed by atoms with Crippen LogP contribution in [0.25, 0.3) is 22.3 Å². The second-order valence-electron chi connectivity index (χ2n) is 10.9. The Balaban J connectivity index is 1.11. The molecule has 2 bridgehead atoms. The van der Waals surface area contributed by atoms with E-state index in [9.17, 15) is 19.0 Å². The highest BCUT2D eigenvalue weighted by atomic mass is 32.7. The van der Waals surface area contributed by atoms with Gasteiger partial charge in [0.25, 0.3) is 5.56 Å². The Morgan fingerprint density at radius 3 is 2.50 bits per heavy atom. The van der Waals surface area contributed by atoms with E-state index in [1.54, 1.807) is 0 Å². The highest BCUT2D eigenvalue weighted by molar-refractivity contribution is 8.44. The maximum Gasteiger partial charge on any atom is 0.386 e. The Morgan fingerprint density at radius 2 is 1.70 bits per heavy atom. The number of thiol groups is 2. The minimum absolute atomic E-state index is 0.0197. The Hall–Kier alpha value is -2.66. The van der Waals surface area contributed by atoms with Crippen LogP contribution in [0.15, 0.2) is 23.8 Å². The summed E-state index contributed by atoms with van der Waals surface area (Å²) in [4.78, 5) is 35.2. The van der Waals surface area contributed by atoms with E-state index in [0.29, 0.717) is 0 Å². The number of hydrogen-bond acceptors (Lipinski definition) is 18. The van der Waals surface area contributed by atoms with Crippen molar-refractivity contribution in [2.24, 2.45) is 0 Å². The van der Waals surface area contributed by atoms with Gasteiger partial charge in [0.05, 0.1) is 32.5 Å². The molecule has 6 N–H and O–H groups in total. The van der Waals surface area contributed by atoms with Gasteiger partial charge in [-0.15, -0.1) is 0 Å². The molecule has 21 nitrogen and oxygen atoms in total. The predicted octanol–water partition coefficient (Wildman–Crippen LogP) is -0.0584. The minimum Gasteiger partial charge on any atom is -0.386 e. The van der Waals surface area contributed by atoms with E-state index in [0.717, 1.165) is 0 Å². The summed E-state index contributed by atoms with van der Waals surface area (Å²) in [6.45, 7) is -9.73. The quantitative estimate of drug-likeness (QED) is 0.117. The van der Waals surface area contributed by atoms with E-state index < -0.39 is 80.9 Å². The van der Waals surface area contributed by atoms with Crippen LogP contribution in [0, 0.1) is 0 Å². The first kappa shape index (κ1) is 30.7. The van der Waals surface area contributed by atoms with E-state index in [1.807, 2.05) is 0 Å². The van der Waals surface area contributed by atoms with Crippen LogP contribution in [-0.4, -0.2) is 100 Å². The molecule has 8 rings (SSSR count). The van der Waals surface area contributed by atoms with E-state index >= 15 is 0 Å². The number of aromatic nitrogens is 8. The zero-order valence-electron chi connectivity index (χ0n) is 23.0. The first-order valence-electron chi connectivity index (χ1n) is 13.4. The molecule has 8 heterocycles. The standard InChI is InChI=1S/C21H24N10O11P2S2/c22-14-8-15(25-4-24-14)30(5-26-8)18-10(32)11-7(39-18)1-37-43(34,45)42-13-12-19(31-6-27-9-16(31)28-20(23)29-17(9)33)40-21(13,2-36-12)3-38-44(35,46)41-11/h4-7,10-13,18-19,32H,1-3H2,(H,34,45)(H,35,46)(H2,22,24,25)(H3,23,28,29,33)/t7?,10-,11-,12-,13+,18-,19-,21-,43-,44-/m1/s1. The van der Waals surface area contributed by atoms with Crippen LogP contribution in [0.4, 0.5) is 11.8 Å². The van der Waals surface area contributed by atoms with Crippen molar-refractivity contribution in [3.63, 3.8) is 0 Å². The molecular weight excluding hydrogens is 694 g/mol. The molecule has 4 aromatic heterocycles. The van der Waals surface area contributed by atoms with Crippen molar-refractivity contribution in [1.82, 2.24) is 39.0 Å². The number of nitrogen functional groups attached to an aromatic ring is 2. The summed E-state index contributed by atoms with van der Waals surface area (Å²) in [5.74, 6) is -0.0588. The predicted molar refractivity (Wildman–Crippen MR) is 160 cm³/mol. The van der Waals surface area contributed by atoms with Gasteiger partial charge in [-0.1, -0.05) is 24.5 Å². The monoisotopic (exact) mass is 718 g/mol. The molecule has 25 heteroatoms. The third kappa shape index (κ3) is 4.89. The van der Waals surface area contributed by atoms with Crippen LogP contribution in [0.5, 0.6) is 0 Å². The molecule has 4 saturated heterocycles. The van der Waals surface area contributed by atoms with E-state index in [2.05, 4.69) is 54.4 Å². The number of aromatic amines is 1. The van der Waals surface area contributed by atoms with Crippen LogP contribution < -0.4 is 17.0 Å². The van der Waals surface area contributed by atoms with Crippen molar-refractivity contribution >= 4 is 72.2 Å². The van der Waals surface area contributed by atoms with Crippen molar-refractivity contribution in [3.05, 3.63) is 29.3 Å². The summed E-state index contributed by atoms with van der Waals surface area (Å²) in [7, 11) is 0. The Bertz CT molecular complexity index is 2030. The molecule has 4 aliphatic rings. The number of aliphatic hydroxyl groups excluding tert-OH is 1. The van der Waals surface area contributed by atoms with Crippen LogP contribution in [0.3, 0.4) is 0 Å². The second kappa shape index (κ2) is 10.7. The van der Waals surface area contributed by atoms with Crippen molar-refractivity contribution in [2.45, 2.75) is 48.6 Å². The minimum atomic E-state index is -4.30. The van der Waals surface area contributed by atoms with Gasteiger partial charge in [-0.25, -0.2) is 29.1 Å². The Morgan fingerprint density at radius 1 is 0.957 bits per heavy atom. The van der Waals surface area contributed by atoms with Crippen LogP contribution >= 0.6 is 38.1 Å². The number of imidazole rings is 2. The van der Waals surface area contributed by atoms with Crippen molar-refractivity contribution in [2.75, 3.05) is 31.3 Å². The maximum absolute atomic E-state index is 13.6. The summed E-state index contributed by atoms with van der Waals surface area (Å²) in [5, 5.41) is 11.3.